The first-order chi connectivity index (χ1) is 11.5. The van der Waals surface area contributed by atoms with Gasteiger partial charge in [0.1, 0.15) is 0 Å². The lowest BCUT2D eigenvalue weighted by atomic mass is 10.0. The summed E-state index contributed by atoms with van der Waals surface area (Å²) in [6.07, 6.45) is 2.93. The van der Waals surface area contributed by atoms with Gasteiger partial charge in [0.15, 0.2) is 0 Å². The molecular weight excluding hydrogens is 326 g/mol. The average Bonchev–Trinajstić information content (AvgIpc) is 2.62. The highest BCUT2D eigenvalue weighted by Crippen LogP contribution is 2.22. The zero-order valence-corrected chi connectivity index (χ0v) is 15.3. The van der Waals surface area contributed by atoms with Crippen LogP contribution in [0.3, 0.4) is 0 Å². The molecular formula is C17H27N3O3S. The minimum Gasteiger partial charge on any atom is -0.334 e. The molecule has 1 aromatic carbocycles. The molecule has 0 bridgehead atoms. The second-order valence-corrected chi connectivity index (χ2v) is 7.94. The van der Waals surface area contributed by atoms with Crippen LogP contribution in [0.15, 0.2) is 29.2 Å². The summed E-state index contributed by atoms with van der Waals surface area (Å²) in [4.78, 5) is 14.8. The van der Waals surface area contributed by atoms with Gasteiger partial charge in [-0.2, -0.15) is 4.31 Å². The number of piperidine rings is 1. The number of nitrogens with zero attached hydrogens (tertiary/aromatic N) is 2. The molecule has 1 atom stereocenters. The molecule has 1 fully saturated rings. The van der Waals surface area contributed by atoms with Crippen molar-refractivity contribution in [3.63, 3.8) is 0 Å². The van der Waals surface area contributed by atoms with E-state index in [0.717, 1.165) is 19.3 Å². The SMILES string of the molecule is CCN(CC)S(=O)(=O)c1cccc(C(=O)N2CCCCC2CN)c1. The van der Waals surface area contributed by atoms with E-state index in [0.29, 0.717) is 31.7 Å². The van der Waals surface area contributed by atoms with Gasteiger partial charge in [0.05, 0.1) is 4.90 Å². The maximum absolute atomic E-state index is 12.8. The first kappa shape index (κ1) is 18.9. The van der Waals surface area contributed by atoms with Crippen LogP contribution < -0.4 is 5.73 Å². The van der Waals surface area contributed by atoms with Crippen molar-refractivity contribution in [2.75, 3.05) is 26.2 Å². The van der Waals surface area contributed by atoms with Crippen LogP contribution in [0.2, 0.25) is 0 Å². The van der Waals surface area contributed by atoms with Crippen molar-refractivity contribution >= 4 is 15.9 Å². The van der Waals surface area contributed by atoms with E-state index < -0.39 is 10.0 Å². The van der Waals surface area contributed by atoms with Gasteiger partial charge < -0.3 is 10.6 Å². The number of likely N-dealkylation sites (tertiary alicyclic amines) is 1. The molecule has 1 aliphatic rings. The molecule has 1 aliphatic heterocycles. The summed E-state index contributed by atoms with van der Waals surface area (Å²) in [5, 5.41) is 0. The smallest absolute Gasteiger partial charge is 0.254 e. The zero-order chi connectivity index (χ0) is 17.7. The number of carbonyl (C=O) groups is 1. The van der Waals surface area contributed by atoms with Gasteiger partial charge in [-0.3, -0.25) is 4.79 Å². The Morgan fingerprint density at radius 2 is 2.00 bits per heavy atom. The number of sulfonamides is 1. The van der Waals surface area contributed by atoms with Gasteiger partial charge in [-0.1, -0.05) is 19.9 Å². The molecule has 2 N–H and O–H groups in total. The van der Waals surface area contributed by atoms with Gasteiger partial charge >= 0.3 is 0 Å². The number of amides is 1. The van der Waals surface area contributed by atoms with E-state index in [4.69, 9.17) is 5.73 Å². The predicted octanol–water partition coefficient (Wildman–Crippen LogP) is 1.67. The fourth-order valence-corrected chi connectivity index (χ4v) is 4.69. The summed E-state index contributed by atoms with van der Waals surface area (Å²) >= 11 is 0. The van der Waals surface area contributed by atoms with Crippen LogP contribution in [-0.4, -0.2) is 55.8 Å². The minimum absolute atomic E-state index is 0.0364. The van der Waals surface area contributed by atoms with Crippen molar-refractivity contribution in [3.05, 3.63) is 29.8 Å². The molecule has 1 amide bonds. The molecule has 0 spiro atoms. The lowest BCUT2D eigenvalue weighted by Crippen LogP contribution is -2.47. The molecule has 0 saturated carbocycles. The zero-order valence-electron chi connectivity index (χ0n) is 14.4. The van der Waals surface area contributed by atoms with Crippen molar-refractivity contribution in [2.45, 2.75) is 44.0 Å². The third-order valence-electron chi connectivity index (χ3n) is 4.58. The molecule has 2 rings (SSSR count). The standard InChI is InChI=1S/C17H27N3O3S/c1-3-19(4-2)24(22,23)16-10-7-8-14(12-16)17(21)20-11-6-5-9-15(20)13-18/h7-8,10,12,15H,3-6,9,11,13,18H2,1-2H3. The number of hydrogen-bond donors (Lipinski definition) is 1. The predicted molar refractivity (Wildman–Crippen MR) is 94.3 cm³/mol. The third kappa shape index (κ3) is 3.79. The number of nitrogens with two attached hydrogens (primary N) is 1. The molecule has 24 heavy (non-hydrogen) atoms. The van der Waals surface area contributed by atoms with Crippen LogP contribution in [0.25, 0.3) is 0 Å². The van der Waals surface area contributed by atoms with E-state index in [2.05, 4.69) is 0 Å². The topological polar surface area (TPSA) is 83.7 Å². The van der Waals surface area contributed by atoms with Gasteiger partial charge in [0.25, 0.3) is 5.91 Å². The first-order valence-electron chi connectivity index (χ1n) is 8.56. The Hall–Kier alpha value is -1.44. The summed E-state index contributed by atoms with van der Waals surface area (Å²) in [5.41, 5.74) is 6.19. The van der Waals surface area contributed by atoms with E-state index in [9.17, 15) is 13.2 Å². The van der Waals surface area contributed by atoms with Crippen LogP contribution in [0, 0.1) is 0 Å². The Balaban J connectivity index is 2.31. The fourth-order valence-electron chi connectivity index (χ4n) is 3.18. The molecule has 0 aromatic heterocycles. The second-order valence-electron chi connectivity index (χ2n) is 6.00. The number of hydrogen-bond acceptors (Lipinski definition) is 4. The molecule has 1 heterocycles. The number of benzene rings is 1. The van der Waals surface area contributed by atoms with Crippen LogP contribution in [0.5, 0.6) is 0 Å². The molecule has 0 radical (unpaired) electrons. The Kier molecular flexibility index (Phi) is 6.37. The summed E-state index contributed by atoms with van der Waals surface area (Å²) in [6.45, 7) is 5.51. The first-order valence-corrected chi connectivity index (χ1v) is 10.0. The number of rotatable bonds is 6. The Bertz CT molecular complexity index is 671. The normalized spacial score (nSPS) is 18.8. The van der Waals surface area contributed by atoms with E-state index in [1.54, 1.807) is 36.9 Å². The van der Waals surface area contributed by atoms with Gasteiger partial charge in [-0.15, -0.1) is 0 Å². The monoisotopic (exact) mass is 353 g/mol. The van der Waals surface area contributed by atoms with Gasteiger partial charge in [-0.25, -0.2) is 8.42 Å². The summed E-state index contributed by atoms with van der Waals surface area (Å²) in [6, 6.07) is 6.37. The van der Waals surface area contributed by atoms with Crippen molar-refractivity contribution in [2.24, 2.45) is 5.73 Å². The Labute approximate surface area is 144 Å². The average molecular weight is 353 g/mol. The van der Waals surface area contributed by atoms with Crippen molar-refractivity contribution in [1.82, 2.24) is 9.21 Å². The fraction of sp³-hybridized carbons (Fsp3) is 0.588. The molecule has 1 aromatic rings. The number of carbonyl (C=O) groups excluding carboxylic acids is 1. The highest BCUT2D eigenvalue weighted by Gasteiger charge is 2.28. The highest BCUT2D eigenvalue weighted by molar-refractivity contribution is 7.89. The molecule has 6 nitrogen and oxygen atoms in total. The molecule has 1 saturated heterocycles. The van der Waals surface area contributed by atoms with Gasteiger partial charge in [0, 0.05) is 37.8 Å². The molecule has 1 unspecified atom stereocenters. The molecule has 0 aliphatic carbocycles. The van der Waals surface area contributed by atoms with E-state index in [1.165, 1.54) is 10.4 Å². The Morgan fingerprint density at radius 3 is 2.62 bits per heavy atom. The van der Waals surface area contributed by atoms with Crippen LogP contribution in [0.1, 0.15) is 43.5 Å². The maximum atomic E-state index is 12.8. The lowest BCUT2D eigenvalue weighted by Gasteiger charge is -2.35. The summed E-state index contributed by atoms with van der Waals surface area (Å²) in [5.74, 6) is -0.137. The van der Waals surface area contributed by atoms with Crippen molar-refractivity contribution < 1.29 is 13.2 Å². The van der Waals surface area contributed by atoms with Gasteiger partial charge in [-0.05, 0) is 37.5 Å². The lowest BCUT2D eigenvalue weighted by molar-refractivity contribution is 0.0623. The maximum Gasteiger partial charge on any atom is 0.254 e. The minimum atomic E-state index is -3.57. The van der Waals surface area contributed by atoms with Crippen LogP contribution in [-0.2, 0) is 10.0 Å². The second kappa shape index (κ2) is 8.09. The quantitative estimate of drug-likeness (QED) is 0.843. The highest BCUT2D eigenvalue weighted by atomic mass is 32.2. The third-order valence-corrected chi connectivity index (χ3v) is 6.63. The van der Waals surface area contributed by atoms with E-state index >= 15 is 0 Å². The van der Waals surface area contributed by atoms with Crippen LogP contribution >= 0.6 is 0 Å². The van der Waals surface area contributed by atoms with Crippen molar-refractivity contribution in [3.8, 4) is 0 Å². The molecule has 134 valence electrons. The van der Waals surface area contributed by atoms with Crippen molar-refractivity contribution in [1.29, 1.82) is 0 Å². The summed E-state index contributed by atoms with van der Waals surface area (Å²) in [7, 11) is -3.57. The Morgan fingerprint density at radius 1 is 1.29 bits per heavy atom. The molecule has 7 heteroatoms. The van der Waals surface area contributed by atoms with Gasteiger partial charge in [0.2, 0.25) is 10.0 Å². The summed E-state index contributed by atoms with van der Waals surface area (Å²) < 4.78 is 26.7. The van der Waals surface area contributed by atoms with E-state index in [1.807, 2.05) is 0 Å². The largest absolute Gasteiger partial charge is 0.334 e. The van der Waals surface area contributed by atoms with E-state index in [-0.39, 0.29) is 16.8 Å². The van der Waals surface area contributed by atoms with Crippen LogP contribution in [0.4, 0.5) is 0 Å².